The highest BCUT2D eigenvalue weighted by atomic mass is 32.2. The molecule has 0 saturated carbocycles. The maximum Gasteiger partial charge on any atom is 0.234 e. The standard InChI is InChI=1S/C18H16F2N4OS/c1-2-12-5-3-4-6-16(12)24-11-21-23-18(24)26-10-17(25)22-15-8-7-13(19)9-14(15)20/h3-9,11H,2,10H2,1H3,(H,22,25). The van der Waals surface area contributed by atoms with E-state index in [1.165, 1.54) is 17.8 Å². The fraction of sp³-hybridized carbons (Fsp3) is 0.167. The molecule has 0 saturated heterocycles. The van der Waals surface area contributed by atoms with Crippen molar-refractivity contribution < 1.29 is 13.6 Å². The molecule has 0 spiro atoms. The summed E-state index contributed by atoms with van der Waals surface area (Å²) in [6.07, 6.45) is 2.44. The zero-order chi connectivity index (χ0) is 18.5. The average Bonchev–Trinajstić information content (AvgIpc) is 3.10. The van der Waals surface area contributed by atoms with Crippen molar-refractivity contribution in [3.05, 3.63) is 66.0 Å². The van der Waals surface area contributed by atoms with Gasteiger partial charge in [0.2, 0.25) is 5.91 Å². The second kappa shape index (κ2) is 8.09. The molecule has 0 aliphatic rings. The van der Waals surface area contributed by atoms with Gasteiger partial charge in [0.1, 0.15) is 18.0 Å². The van der Waals surface area contributed by atoms with E-state index in [0.29, 0.717) is 5.16 Å². The van der Waals surface area contributed by atoms with E-state index in [0.717, 1.165) is 29.8 Å². The van der Waals surface area contributed by atoms with E-state index in [9.17, 15) is 13.6 Å². The Morgan fingerprint density at radius 1 is 1.23 bits per heavy atom. The third-order valence-electron chi connectivity index (χ3n) is 3.69. The minimum Gasteiger partial charge on any atom is -0.323 e. The number of benzene rings is 2. The average molecular weight is 374 g/mol. The number of anilines is 1. The van der Waals surface area contributed by atoms with Crippen molar-refractivity contribution in [2.24, 2.45) is 0 Å². The third-order valence-corrected chi connectivity index (χ3v) is 4.63. The van der Waals surface area contributed by atoms with Crippen molar-refractivity contribution in [2.45, 2.75) is 18.5 Å². The molecule has 0 radical (unpaired) electrons. The molecule has 1 N–H and O–H groups in total. The highest BCUT2D eigenvalue weighted by Crippen LogP contribution is 2.23. The third kappa shape index (κ3) is 4.08. The highest BCUT2D eigenvalue weighted by molar-refractivity contribution is 7.99. The van der Waals surface area contributed by atoms with Gasteiger partial charge in [-0.2, -0.15) is 0 Å². The first-order valence-electron chi connectivity index (χ1n) is 7.94. The van der Waals surface area contributed by atoms with Gasteiger partial charge in [0, 0.05) is 6.07 Å². The SMILES string of the molecule is CCc1ccccc1-n1cnnc1SCC(=O)Nc1ccc(F)cc1F. The fourth-order valence-electron chi connectivity index (χ4n) is 2.44. The van der Waals surface area contributed by atoms with Crippen molar-refractivity contribution in [3.8, 4) is 5.69 Å². The Kier molecular flexibility index (Phi) is 5.62. The van der Waals surface area contributed by atoms with E-state index in [-0.39, 0.29) is 11.4 Å². The minimum atomic E-state index is -0.816. The van der Waals surface area contributed by atoms with Crippen LogP contribution in [0.15, 0.2) is 53.9 Å². The summed E-state index contributed by atoms with van der Waals surface area (Å²) in [5.74, 6) is -1.91. The molecule has 0 atom stereocenters. The van der Waals surface area contributed by atoms with Crippen molar-refractivity contribution >= 4 is 23.4 Å². The minimum absolute atomic E-state index is 0.0177. The van der Waals surface area contributed by atoms with Gasteiger partial charge in [0.15, 0.2) is 5.16 Å². The summed E-state index contributed by atoms with van der Waals surface area (Å²) < 4.78 is 28.3. The second-order valence-electron chi connectivity index (χ2n) is 5.43. The van der Waals surface area contributed by atoms with E-state index in [4.69, 9.17) is 0 Å². The van der Waals surface area contributed by atoms with Crippen LogP contribution >= 0.6 is 11.8 Å². The zero-order valence-corrected chi connectivity index (χ0v) is 14.8. The van der Waals surface area contributed by atoms with Crippen LogP contribution in [0.3, 0.4) is 0 Å². The first-order chi connectivity index (χ1) is 12.6. The van der Waals surface area contributed by atoms with Gasteiger partial charge < -0.3 is 5.32 Å². The van der Waals surface area contributed by atoms with E-state index in [1.54, 1.807) is 6.33 Å². The number of carbonyl (C=O) groups is 1. The number of rotatable bonds is 6. The summed E-state index contributed by atoms with van der Waals surface area (Å²) in [5, 5.41) is 10.9. The van der Waals surface area contributed by atoms with Crippen LogP contribution in [0.1, 0.15) is 12.5 Å². The molecule has 0 aliphatic heterocycles. The van der Waals surface area contributed by atoms with Crippen molar-refractivity contribution in [1.29, 1.82) is 0 Å². The van der Waals surface area contributed by atoms with Crippen LogP contribution in [0.25, 0.3) is 5.69 Å². The van der Waals surface area contributed by atoms with Gasteiger partial charge in [0.05, 0.1) is 17.1 Å². The molecule has 3 aromatic rings. The molecule has 134 valence electrons. The summed E-state index contributed by atoms with van der Waals surface area (Å²) in [6, 6.07) is 10.9. The lowest BCUT2D eigenvalue weighted by Crippen LogP contribution is -2.15. The molecule has 0 unspecified atom stereocenters. The normalized spacial score (nSPS) is 10.7. The van der Waals surface area contributed by atoms with Crippen LogP contribution in [0.5, 0.6) is 0 Å². The molecule has 26 heavy (non-hydrogen) atoms. The van der Waals surface area contributed by atoms with Gasteiger partial charge in [-0.25, -0.2) is 8.78 Å². The first-order valence-corrected chi connectivity index (χ1v) is 8.93. The molecule has 1 aromatic heterocycles. The van der Waals surface area contributed by atoms with Gasteiger partial charge in [-0.15, -0.1) is 10.2 Å². The van der Waals surface area contributed by atoms with Crippen molar-refractivity contribution in [1.82, 2.24) is 14.8 Å². The molecule has 5 nitrogen and oxygen atoms in total. The largest absolute Gasteiger partial charge is 0.323 e. The second-order valence-corrected chi connectivity index (χ2v) is 6.37. The van der Waals surface area contributed by atoms with E-state index in [1.807, 2.05) is 28.8 Å². The Bertz CT molecular complexity index is 929. The monoisotopic (exact) mass is 374 g/mol. The number of thioether (sulfide) groups is 1. The number of para-hydroxylation sites is 1. The number of amides is 1. The number of hydrogen-bond donors (Lipinski definition) is 1. The molecule has 0 aliphatic carbocycles. The molecule has 1 amide bonds. The number of nitrogens with zero attached hydrogens (tertiary/aromatic N) is 3. The van der Waals surface area contributed by atoms with E-state index >= 15 is 0 Å². The smallest absolute Gasteiger partial charge is 0.234 e. The predicted molar refractivity (Wildman–Crippen MR) is 96.4 cm³/mol. The number of halogens is 2. The van der Waals surface area contributed by atoms with Gasteiger partial charge in [-0.05, 0) is 30.2 Å². The van der Waals surface area contributed by atoms with Crippen LogP contribution in [0.4, 0.5) is 14.5 Å². The topological polar surface area (TPSA) is 59.8 Å². The van der Waals surface area contributed by atoms with Crippen LogP contribution < -0.4 is 5.32 Å². The molecule has 8 heteroatoms. The Labute approximate surface area is 153 Å². The summed E-state index contributed by atoms with van der Waals surface area (Å²) >= 11 is 1.18. The van der Waals surface area contributed by atoms with Gasteiger partial charge >= 0.3 is 0 Å². The Balaban J connectivity index is 1.69. The summed E-state index contributed by atoms with van der Waals surface area (Å²) in [4.78, 5) is 12.1. The lowest BCUT2D eigenvalue weighted by Gasteiger charge is -2.10. The number of hydrogen-bond acceptors (Lipinski definition) is 4. The van der Waals surface area contributed by atoms with E-state index < -0.39 is 17.5 Å². The predicted octanol–water partition coefficient (Wildman–Crippen LogP) is 3.84. The van der Waals surface area contributed by atoms with Crippen molar-refractivity contribution in [3.63, 3.8) is 0 Å². The number of aryl methyl sites for hydroxylation is 1. The number of nitrogens with one attached hydrogen (secondary N) is 1. The molecular formula is C18H16F2N4OS. The quantitative estimate of drug-likeness (QED) is 0.666. The summed E-state index contributed by atoms with van der Waals surface area (Å²) in [7, 11) is 0. The van der Waals surface area contributed by atoms with Gasteiger partial charge in [-0.3, -0.25) is 9.36 Å². The summed E-state index contributed by atoms with van der Waals surface area (Å²) in [6.45, 7) is 2.06. The van der Waals surface area contributed by atoms with E-state index in [2.05, 4.69) is 22.4 Å². The number of aromatic nitrogens is 3. The molecule has 0 bridgehead atoms. The molecule has 1 heterocycles. The van der Waals surface area contributed by atoms with Crippen LogP contribution in [0.2, 0.25) is 0 Å². The Morgan fingerprint density at radius 3 is 2.81 bits per heavy atom. The molecule has 3 rings (SSSR count). The molecule has 2 aromatic carbocycles. The van der Waals surface area contributed by atoms with Gasteiger partial charge in [-0.1, -0.05) is 36.9 Å². The first kappa shape index (κ1) is 18.1. The Hall–Kier alpha value is -2.74. The summed E-state index contributed by atoms with van der Waals surface area (Å²) in [5.41, 5.74) is 2.02. The van der Waals surface area contributed by atoms with Gasteiger partial charge in [0.25, 0.3) is 0 Å². The molecular weight excluding hydrogens is 358 g/mol. The van der Waals surface area contributed by atoms with Crippen LogP contribution in [0, 0.1) is 11.6 Å². The lowest BCUT2D eigenvalue weighted by atomic mass is 10.1. The zero-order valence-electron chi connectivity index (χ0n) is 13.9. The fourth-order valence-corrected chi connectivity index (χ4v) is 3.16. The molecule has 0 fully saturated rings. The maximum absolute atomic E-state index is 13.6. The lowest BCUT2D eigenvalue weighted by molar-refractivity contribution is -0.113. The number of carbonyl (C=O) groups excluding carboxylic acids is 1. The van der Waals surface area contributed by atoms with Crippen molar-refractivity contribution in [2.75, 3.05) is 11.1 Å². The Morgan fingerprint density at radius 2 is 2.04 bits per heavy atom. The van der Waals surface area contributed by atoms with Crippen LogP contribution in [-0.2, 0) is 11.2 Å². The maximum atomic E-state index is 13.6. The van der Waals surface area contributed by atoms with Crippen LogP contribution in [-0.4, -0.2) is 26.4 Å². The highest BCUT2D eigenvalue weighted by Gasteiger charge is 2.13.